The third-order valence-electron chi connectivity index (χ3n) is 2.07. The molecule has 0 amide bonds. The highest BCUT2D eigenvalue weighted by molar-refractivity contribution is 5.40. The Morgan fingerprint density at radius 1 is 1.50 bits per heavy atom. The average molecular weight is 159 g/mol. The van der Waals surface area contributed by atoms with Gasteiger partial charge in [0.2, 0.25) is 0 Å². The number of hydrogen-bond acceptors (Lipinski definition) is 2. The number of rotatable bonds is 0. The summed E-state index contributed by atoms with van der Waals surface area (Å²) < 4.78 is 5.48. The van der Waals surface area contributed by atoms with Crippen molar-refractivity contribution in [1.82, 2.24) is 0 Å². The molecule has 0 saturated carbocycles. The van der Waals surface area contributed by atoms with Gasteiger partial charge in [-0.15, -0.1) is 0 Å². The number of nitrogens with zero attached hydrogens (tertiary/aromatic N) is 1. The van der Waals surface area contributed by atoms with Crippen molar-refractivity contribution in [1.29, 1.82) is 5.26 Å². The van der Waals surface area contributed by atoms with E-state index in [1.54, 1.807) is 0 Å². The fraction of sp³-hybridized carbons (Fsp3) is 0.300. The highest BCUT2D eigenvalue weighted by atomic mass is 16.5. The average Bonchev–Trinajstić information content (AvgIpc) is 2.42. The Hall–Kier alpha value is -1.49. The van der Waals surface area contributed by atoms with Gasteiger partial charge in [-0.05, 0) is 18.6 Å². The lowest BCUT2D eigenvalue weighted by Crippen LogP contribution is -2.27. The molecular formula is C10H9NO. The van der Waals surface area contributed by atoms with Crippen molar-refractivity contribution < 1.29 is 4.74 Å². The molecule has 1 aromatic carbocycles. The first kappa shape index (κ1) is 7.17. The Morgan fingerprint density at radius 3 is 2.92 bits per heavy atom. The van der Waals surface area contributed by atoms with Gasteiger partial charge in [-0.3, -0.25) is 0 Å². The Balaban J connectivity index is 2.41. The van der Waals surface area contributed by atoms with E-state index < -0.39 is 5.60 Å². The van der Waals surface area contributed by atoms with E-state index in [9.17, 15) is 0 Å². The van der Waals surface area contributed by atoms with Crippen molar-refractivity contribution in [3.05, 3.63) is 29.8 Å². The van der Waals surface area contributed by atoms with Crippen LogP contribution in [0.1, 0.15) is 12.5 Å². The van der Waals surface area contributed by atoms with Gasteiger partial charge in [0.25, 0.3) is 0 Å². The monoisotopic (exact) mass is 159 g/mol. The summed E-state index contributed by atoms with van der Waals surface area (Å²) in [5.74, 6) is 0.849. The summed E-state index contributed by atoms with van der Waals surface area (Å²) >= 11 is 0. The smallest absolute Gasteiger partial charge is 0.195 e. The summed E-state index contributed by atoms with van der Waals surface area (Å²) in [6.07, 6.45) is 0.694. The predicted molar refractivity (Wildman–Crippen MR) is 44.8 cm³/mol. The standard InChI is InChI=1S/C10H9NO/c1-10(7-11)6-8-4-2-3-5-9(8)12-10/h2-5H,6H2,1H3. The van der Waals surface area contributed by atoms with Crippen LogP contribution in [0.2, 0.25) is 0 Å². The van der Waals surface area contributed by atoms with Crippen LogP contribution in [0.25, 0.3) is 0 Å². The van der Waals surface area contributed by atoms with E-state index in [1.807, 2.05) is 31.2 Å². The SMILES string of the molecule is CC1(C#N)Cc2ccccc2O1. The summed E-state index contributed by atoms with van der Waals surface area (Å²) in [5.41, 5.74) is 0.477. The van der Waals surface area contributed by atoms with Crippen molar-refractivity contribution >= 4 is 0 Å². The van der Waals surface area contributed by atoms with Gasteiger partial charge in [-0.25, -0.2) is 0 Å². The molecule has 0 N–H and O–H groups in total. The van der Waals surface area contributed by atoms with E-state index in [1.165, 1.54) is 0 Å². The number of benzene rings is 1. The summed E-state index contributed by atoms with van der Waals surface area (Å²) in [6.45, 7) is 1.81. The van der Waals surface area contributed by atoms with Gasteiger partial charge >= 0.3 is 0 Å². The Morgan fingerprint density at radius 2 is 2.25 bits per heavy atom. The molecule has 2 nitrogen and oxygen atoms in total. The molecule has 1 unspecified atom stereocenters. The second-order valence-electron chi connectivity index (χ2n) is 3.23. The molecule has 60 valence electrons. The van der Waals surface area contributed by atoms with Crippen molar-refractivity contribution in [2.24, 2.45) is 0 Å². The maximum atomic E-state index is 8.82. The predicted octanol–water partition coefficient (Wildman–Crippen LogP) is 1.90. The largest absolute Gasteiger partial charge is 0.472 e. The van der Waals surface area contributed by atoms with Crippen LogP contribution in [-0.4, -0.2) is 5.60 Å². The van der Waals surface area contributed by atoms with Gasteiger partial charge in [-0.1, -0.05) is 18.2 Å². The van der Waals surface area contributed by atoms with Crippen LogP contribution in [0.15, 0.2) is 24.3 Å². The summed E-state index contributed by atoms with van der Waals surface area (Å²) in [6, 6.07) is 9.95. The lowest BCUT2D eigenvalue weighted by atomic mass is 10.0. The summed E-state index contributed by atoms with van der Waals surface area (Å²) in [7, 11) is 0. The minimum absolute atomic E-state index is 0.649. The molecule has 0 aliphatic carbocycles. The Labute approximate surface area is 71.4 Å². The zero-order chi connectivity index (χ0) is 8.60. The number of para-hydroxylation sites is 1. The first-order chi connectivity index (χ1) is 5.73. The topological polar surface area (TPSA) is 33.0 Å². The van der Waals surface area contributed by atoms with E-state index in [4.69, 9.17) is 10.00 Å². The van der Waals surface area contributed by atoms with Gasteiger partial charge in [-0.2, -0.15) is 5.26 Å². The molecule has 1 aliphatic heterocycles. The van der Waals surface area contributed by atoms with Crippen LogP contribution in [0.4, 0.5) is 0 Å². The van der Waals surface area contributed by atoms with Gasteiger partial charge in [0, 0.05) is 6.42 Å². The lowest BCUT2D eigenvalue weighted by Gasteiger charge is -2.12. The maximum absolute atomic E-state index is 8.82. The highest BCUT2D eigenvalue weighted by Gasteiger charge is 2.34. The molecule has 0 radical (unpaired) electrons. The zero-order valence-electron chi connectivity index (χ0n) is 6.87. The second-order valence-corrected chi connectivity index (χ2v) is 3.23. The van der Waals surface area contributed by atoms with E-state index in [-0.39, 0.29) is 0 Å². The quantitative estimate of drug-likeness (QED) is 0.579. The molecule has 0 fully saturated rings. The fourth-order valence-electron chi connectivity index (χ4n) is 1.45. The molecule has 0 aromatic heterocycles. The van der Waals surface area contributed by atoms with Crippen molar-refractivity contribution in [2.45, 2.75) is 18.9 Å². The Kier molecular flexibility index (Phi) is 1.34. The van der Waals surface area contributed by atoms with Crippen LogP contribution >= 0.6 is 0 Å². The molecule has 1 aliphatic rings. The molecule has 0 spiro atoms. The molecule has 0 saturated heterocycles. The van der Waals surface area contributed by atoms with Gasteiger partial charge in [0.1, 0.15) is 11.8 Å². The third kappa shape index (κ3) is 0.947. The van der Waals surface area contributed by atoms with Crippen LogP contribution in [0, 0.1) is 11.3 Å². The van der Waals surface area contributed by atoms with Crippen LogP contribution in [0.5, 0.6) is 5.75 Å². The van der Waals surface area contributed by atoms with E-state index in [2.05, 4.69) is 6.07 Å². The summed E-state index contributed by atoms with van der Waals surface area (Å²) in [4.78, 5) is 0. The van der Waals surface area contributed by atoms with Gasteiger partial charge in [0.05, 0.1) is 0 Å². The van der Waals surface area contributed by atoms with Crippen LogP contribution in [-0.2, 0) is 6.42 Å². The number of hydrogen-bond donors (Lipinski definition) is 0. The zero-order valence-corrected chi connectivity index (χ0v) is 6.87. The second kappa shape index (κ2) is 2.25. The molecule has 12 heavy (non-hydrogen) atoms. The van der Waals surface area contributed by atoms with E-state index >= 15 is 0 Å². The molecule has 2 heteroatoms. The molecule has 1 atom stereocenters. The van der Waals surface area contributed by atoms with E-state index in [0.717, 1.165) is 11.3 Å². The normalized spacial score (nSPS) is 25.7. The highest BCUT2D eigenvalue weighted by Crippen LogP contribution is 2.33. The first-order valence-corrected chi connectivity index (χ1v) is 3.92. The molecule has 2 rings (SSSR count). The fourth-order valence-corrected chi connectivity index (χ4v) is 1.45. The van der Waals surface area contributed by atoms with Crippen LogP contribution in [0.3, 0.4) is 0 Å². The number of ether oxygens (including phenoxy) is 1. The number of nitriles is 1. The molecular weight excluding hydrogens is 150 g/mol. The van der Waals surface area contributed by atoms with E-state index in [0.29, 0.717) is 6.42 Å². The Bertz CT molecular complexity index is 326. The van der Waals surface area contributed by atoms with Gasteiger partial charge in [0.15, 0.2) is 5.60 Å². The maximum Gasteiger partial charge on any atom is 0.195 e. The minimum atomic E-state index is -0.649. The van der Waals surface area contributed by atoms with Crippen LogP contribution < -0.4 is 4.74 Å². The third-order valence-corrected chi connectivity index (χ3v) is 2.07. The van der Waals surface area contributed by atoms with Crippen molar-refractivity contribution in [2.75, 3.05) is 0 Å². The molecule has 1 heterocycles. The molecule has 1 aromatic rings. The van der Waals surface area contributed by atoms with Crippen molar-refractivity contribution in [3.63, 3.8) is 0 Å². The van der Waals surface area contributed by atoms with Gasteiger partial charge < -0.3 is 4.74 Å². The first-order valence-electron chi connectivity index (χ1n) is 3.92. The lowest BCUT2D eigenvalue weighted by molar-refractivity contribution is 0.179. The summed E-state index contributed by atoms with van der Waals surface area (Å²) in [5, 5.41) is 8.82. The van der Waals surface area contributed by atoms with Crippen molar-refractivity contribution in [3.8, 4) is 11.8 Å². The minimum Gasteiger partial charge on any atom is -0.472 e. The number of fused-ring (bicyclic) bond motifs is 1. The molecule has 0 bridgehead atoms.